The van der Waals surface area contributed by atoms with Crippen molar-refractivity contribution in [3.05, 3.63) is 48.2 Å². The van der Waals surface area contributed by atoms with Crippen LogP contribution in [0.4, 0.5) is 11.5 Å². The molecular formula is C21H25N3O4. The normalized spacial score (nSPS) is 14.1. The smallest absolute Gasteiger partial charge is 0.262 e. The van der Waals surface area contributed by atoms with Gasteiger partial charge in [0.05, 0.1) is 32.2 Å². The Labute approximate surface area is 164 Å². The highest BCUT2D eigenvalue weighted by Crippen LogP contribution is 2.28. The Morgan fingerprint density at radius 2 is 2.07 bits per heavy atom. The molecule has 3 rings (SSSR count). The first kappa shape index (κ1) is 19.7. The van der Waals surface area contributed by atoms with E-state index in [4.69, 9.17) is 14.2 Å². The first-order valence-electron chi connectivity index (χ1n) is 9.21. The van der Waals surface area contributed by atoms with Crippen LogP contribution in [-0.2, 0) is 9.53 Å². The second kappa shape index (κ2) is 9.75. The Balaban J connectivity index is 1.54. The molecule has 1 aliphatic heterocycles. The average molecular weight is 383 g/mol. The van der Waals surface area contributed by atoms with E-state index in [0.29, 0.717) is 30.4 Å². The van der Waals surface area contributed by atoms with Crippen molar-refractivity contribution in [3.8, 4) is 11.5 Å². The lowest BCUT2D eigenvalue weighted by Crippen LogP contribution is -2.36. The van der Waals surface area contributed by atoms with Gasteiger partial charge < -0.3 is 24.4 Å². The third kappa shape index (κ3) is 5.23. The molecule has 0 spiro atoms. The molecule has 0 atom stereocenters. The van der Waals surface area contributed by atoms with Crippen LogP contribution in [0.3, 0.4) is 0 Å². The molecule has 7 nitrogen and oxygen atoms in total. The number of benzene rings is 1. The second-order valence-electron chi connectivity index (χ2n) is 6.25. The number of carbonyl (C=O) groups is 1. The molecule has 0 unspecified atom stereocenters. The highest BCUT2D eigenvalue weighted by molar-refractivity contribution is 5.91. The maximum absolute atomic E-state index is 12.2. The number of rotatable bonds is 7. The lowest BCUT2D eigenvalue weighted by molar-refractivity contribution is -0.118. The van der Waals surface area contributed by atoms with Crippen molar-refractivity contribution >= 4 is 23.5 Å². The van der Waals surface area contributed by atoms with Crippen LogP contribution in [0.1, 0.15) is 12.5 Å². The van der Waals surface area contributed by atoms with Crippen molar-refractivity contribution in [2.24, 2.45) is 0 Å². The molecule has 2 heterocycles. The Morgan fingerprint density at radius 3 is 2.75 bits per heavy atom. The van der Waals surface area contributed by atoms with Gasteiger partial charge in [-0.2, -0.15) is 0 Å². The number of nitrogens with zero attached hydrogens (tertiary/aromatic N) is 2. The van der Waals surface area contributed by atoms with Gasteiger partial charge in [0.1, 0.15) is 5.82 Å². The summed E-state index contributed by atoms with van der Waals surface area (Å²) in [6.07, 6.45) is 5.56. The van der Waals surface area contributed by atoms with Crippen LogP contribution in [0.5, 0.6) is 11.5 Å². The summed E-state index contributed by atoms with van der Waals surface area (Å²) in [4.78, 5) is 18.8. The molecule has 1 fully saturated rings. The molecule has 2 aromatic rings. The number of aromatic nitrogens is 1. The quantitative estimate of drug-likeness (QED) is 0.792. The fraction of sp³-hybridized carbons (Fsp3) is 0.333. The van der Waals surface area contributed by atoms with Crippen molar-refractivity contribution in [2.45, 2.75) is 6.92 Å². The van der Waals surface area contributed by atoms with Crippen LogP contribution in [0.2, 0.25) is 0 Å². The minimum absolute atomic E-state index is 0.120. The first-order valence-corrected chi connectivity index (χ1v) is 9.21. The zero-order chi connectivity index (χ0) is 19.8. The molecule has 28 heavy (non-hydrogen) atoms. The summed E-state index contributed by atoms with van der Waals surface area (Å²) in [6, 6.07) is 9.29. The van der Waals surface area contributed by atoms with Crippen LogP contribution in [-0.4, -0.2) is 50.9 Å². The number of allylic oxidation sites excluding steroid dienone is 1. The molecule has 1 aromatic heterocycles. The number of ether oxygens (including phenoxy) is 3. The molecule has 0 saturated carbocycles. The van der Waals surface area contributed by atoms with Crippen LogP contribution >= 0.6 is 0 Å². The van der Waals surface area contributed by atoms with Crippen molar-refractivity contribution in [3.63, 3.8) is 0 Å². The number of carbonyl (C=O) groups excluding carboxylic acids is 1. The molecule has 7 heteroatoms. The topological polar surface area (TPSA) is 72.9 Å². The lowest BCUT2D eigenvalue weighted by atomic mass is 10.2. The van der Waals surface area contributed by atoms with Crippen LogP contribution in [0, 0.1) is 0 Å². The Morgan fingerprint density at radius 1 is 1.25 bits per heavy atom. The third-order valence-electron chi connectivity index (χ3n) is 4.27. The van der Waals surface area contributed by atoms with Gasteiger partial charge in [-0.25, -0.2) is 4.98 Å². The maximum Gasteiger partial charge on any atom is 0.262 e. The van der Waals surface area contributed by atoms with E-state index in [1.165, 1.54) is 0 Å². The van der Waals surface area contributed by atoms with E-state index in [0.717, 1.165) is 24.5 Å². The SMILES string of the molecule is CC=Cc1ccc(OCC(=O)Nc2ccc(N3CCOCC3)nc2)c(OC)c1. The van der Waals surface area contributed by atoms with Gasteiger partial charge in [-0.05, 0) is 36.8 Å². The summed E-state index contributed by atoms with van der Waals surface area (Å²) in [6.45, 7) is 4.88. The molecule has 0 bridgehead atoms. The van der Waals surface area contributed by atoms with E-state index in [-0.39, 0.29) is 12.5 Å². The number of hydrogen-bond donors (Lipinski definition) is 1. The molecule has 1 aliphatic rings. The number of anilines is 2. The van der Waals surface area contributed by atoms with Crippen molar-refractivity contribution in [2.75, 3.05) is 50.2 Å². The first-order chi connectivity index (χ1) is 13.7. The largest absolute Gasteiger partial charge is 0.493 e. The van der Waals surface area contributed by atoms with Gasteiger partial charge in [0.25, 0.3) is 5.91 Å². The standard InChI is InChI=1S/C21H25N3O4/c1-3-4-16-5-7-18(19(13-16)26-2)28-15-21(25)23-17-6-8-20(22-14-17)24-9-11-27-12-10-24/h3-8,13-14H,9-12,15H2,1-2H3,(H,23,25). The summed E-state index contributed by atoms with van der Waals surface area (Å²) in [5, 5.41) is 2.79. The Hall–Kier alpha value is -3.06. The minimum atomic E-state index is -0.263. The number of hydrogen-bond acceptors (Lipinski definition) is 6. The Kier molecular flexibility index (Phi) is 6.86. The highest BCUT2D eigenvalue weighted by Gasteiger charge is 2.13. The van der Waals surface area contributed by atoms with E-state index in [9.17, 15) is 4.79 Å². The van der Waals surface area contributed by atoms with Gasteiger partial charge in [0, 0.05) is 13.1 Å². The molecule has 1 amide bonds. The third-order valence-corrected chi connectivity index (χ3v) is 4.27. The monoisotopic (exact) mass is 383 g/mol. The number of methoxy groups -OCH3 is 1. The van der Waals surface area contributed by atoms with Gasteiger partial charge in [-0.3, -0.25) is 4.79 Å². The van der Waals surface area contributed by atoms with E-state index < -0.39 is 0 Å². The lowest BCUT2D eigenvalue weighted by Gasteiger charge is -2.27. The molecular weight excluding hydrogens is 358 g/mol. The molecule has 0 radical (unpaired) electrons. The van der Waals surface area contributed by atoms with Crippen LogP contribution in [0.15, 0.2) is 42.6 Å². The van der Waals surface area contributed by atoms with Crippen molar-refractivity contribution < 1.29 is 19.0 Å². The van der Waals surface area contributed by atoms with E-state index in [1.807, 2.05) is 43.3 Å². The predicted molar refractivity (Wildman–Crippen MR) is 109 cm³/mol. The minimum Gasteiger partial charge on any atom is -0.493 e. The predicted octanol–water partition coefficient (Wildman–Crippen LogP) is 2.98. The summed E-state index contributed by atoms with van der Waals surface area (Å²) < 4.78 is 16.3. The summed E-state index contributed by atoms with van der Waals surface area (Å²) in [7, 11) is 1.57. The number of nitrogens with one attached hydrogen (secondary N) is 1. The second-order valence-corrected chi connectivity index (χ2v) is 6.25. The molecule has 148 valence electrons. The highest BCUT2D eigenvalue weighted by atomic mass is 16.5. The molecule has 1 N–H and O–H groups in total. The number of morpholine rings is 1. The van der Waals surface area contributed by atoms with E-state index >= 15 is 0 Å². The molecule has 0 aliphatic carbocycles. The van der Waals surface area contributed by atoms with Gasteiger partial charge in [-0.1, -0.05) is 18.2 Å². The van der Waals surface area contributed by atoms with Crippen LogP contribution < -0.4 is 19.7 Å². The van der Waals surface area contributed by atoms with Crippen molar-refractivity contribution in [1.82, 2.24) is 4.98 Å². The fourth-order valence-electron chi connectivity index (χ4n) is 2.88. The van der Waals surface area contributed by atoms with Gasteiger partial charge >= 0.3 is 0 Å². The fourth-order valence-corrected chi connectivity index (χ4v) is 2.88. The van der Waals surface area contributed by atoms with Gasteiger partial charge in [-0.15, -0.1) is 0 Å². The summed E-state index contributed by atoms with van der Waals surface area (Å²) in [5.41, 5.74) is 1.63. The molecule has 1 saturated heterocycles. The Bertz CT molecular complexity index is 815. The zero-order valence-corrected chi connectivity index (χ0v) is 16.2. The zero-order valence-electron chi connectivity index (χ0n) is 16.2. The average Bonchev–Trinajstić information content (AvgIpc) is 2.74. The van der Waals surface area contributed by atoms with Crippen LogP contribution in [0.25, 0.3) is 6.08 Å². The summed E-state index contributed by atoms with van der Waals surface area (Å²) in [5.74, 6) is 1.72. The molecule has 1 aromatic carbocycles. The van der Waals surface area contributed by atoms with Gasteiger partial charge in [0.2, 0.25) is 0 Å². The van der Waals surface area contributed by atoms with E-state index in [1.54, 1.807) is 19.4 Å². The maximum atomic E-state index is 12.2. The van der Waals surface area contributed by atoms with Gasteiger partial charge in [0.15, 0.2) is 18.1 Å². The number of amides is 1. The van der Waals surface area contributed by atoms with E-state index in [2.05, 4.69) is 15.2 Å². The number of pyridine rings is 1. The van der Waals surface area contributed by atoms with Crippen molar-refractivity contribution in [1.29, 1.82) is 0 Å². The summed E-state index contributed by atoms with van der Waals surface area (Å²) >= 11 is 0.